The van der Waals surface area contributed by atoms with E-state index < -0.39 is 15.7 Å². The molecule has 1 rings (SSSR count). The number of carbonyl (C=O) groups is 1. The molecule has 0 aliphatic heterocycles. The molecule has 1 aromatic rings. The fourth-order valence-electron chi connectivity index (χ4n) is 2.19. The highest BCUT2D eigenvalue weighted by atomic mass is 127. The number of nitrogens with one attached hydrogen (secondary N) is 3. The normalized spacial score (nSPS) is 12.7. The fraction of sp³-hybridized carbons (Fsp3) is 0.556. The molecule has 0 bridgehead atoms. The van der Waals surface area contributed by atoms with Crippen molar-refractivity contribution in [2.75, 3.05) is 31.6 Å². The number of nitrogens with zero attached hydrogens (tertiary/aromatic N) is 1. The van der Waals surface area contributed by atoms with Crippen LogP contribution in [0.15, 0.2) is 23.2 Å². The van der Waals surface area contributed by atoms with Gasteiger partial charge in [0.15, 0.2) is 5.96 Å². The highest BCUT2D eigenvalue weighted by Gasteiger charge is 2.10. The number of carbonyl (C=O) groups excluding carboxylic acids is 1. The van der Waals surface area contributed by atoms with Gasteiger partial charge < -0.3 is 16.0 Å². The van der Waals surface area contributed by atoms with Gasteiger partial charge in [0.1, 0.15) is 15.7 Å². The molecule has 0 saturated carbocycles. The molecular weight excluding hydrogens is 498 g/mol. The van der Waals surface area contributed by atoms with Crippen LogP contribution in [0.4, 0.5) is 4.39 Å². The Labute approximate surface area is 183 Å². The molecule has 1 unspecified atom stereocenters. The SMILES string of the molecule is CCNC(=NCCNC(=O)c1ccc(C)c(F)c1)NC(C)CCS(C)(=O)=O.I. The van der Waals surface area contributed by atoms with Crippen molar-refractivity contribution in [2.45, 2.75) is 33.2 Å². The number of guanidine groups is 1. The Kier molecular flexibility index (Phi) is 12.3. The van der Waals surface area contributed by atoms with Gasteiger partial charge in [0.05, 0.1) is 12.3 Å². The van der Waals surface area contributed by atoms with Gasteiger partial charge >= 0.3 is 0 Å². The fourth-order valence-corrected chi connectivity index (χ4v) is 2.97. The van der Waals surface area contributed by atoms with Gasteiger partial charge in [-0.05, 0) is 44.9 Å². The van der Waals surface area contributed by atoms with Crippen molar-refractivity contribution in [3.8, 4) is 0 Å². The van der Waals surface area contributed by atoms with E-state index in [0.717, 1.165) is 0 Å². The second kappa shape index (κ2) is 12.9. The molecule has 160 valence electrons. The number of hydrogen-bond acceptors (Lipinski definition) is 4. The summed E-state index contributed by atoms with van der Waals surface area (Å²) in [7, 11) is -3.00. The summed E-state index contributed by atoms with van der Waals surface area (Å²) in [5.74, 6) is -0.121. The molecule has 0 fully saturated rings. The molecule has 0 aromatic heterocycles. The van der Waals surface area contributed by atoms with E-state index in [1.54, 1.807) is 19.1 Å². The van der Waals surface area contributed by atoms with Crippen LogP contribution in [-0.4, -0.2) is 58.0 Å². The number of aliphatic imine (C=N–C) groups is 1. The molecule has 1 amide bonds. The third-order valence-electron chi connectivity index (χ3n) is 3.75. The number of benzene rings is 1. The Morgan fingerprint density at radius 1 is 1.29 bits per heavy atom. The van der Waals surface area contributed by atoms with Gasteiger partial charge in [-0.1, -0.05) is 6.07 Å². The minimum Gasteiger partial charge on any atom is -0.357 e. The van der Waals surface area contributed by atoms with Gasteiger partial charge in [0.25, 0.3) is 5.91 Å². The Hall–Kier alpha value is -1.43. The first kappa shape index (κ1) is 26.6. The van der Waals surface area contributed by atoms with Crippen LogP contribution in [0, 0.1) is 12.7 Å². The van der Waals surface area contributed by atoms with E-state index in [2.05, 4.69) is 20.9 Å². The molecule has 3 N–H and O–H groups in total. The lowest BCUT2D eigenvalue weighted by Crippen LogP contribution is -2.43. The zero-order valence-electron chi connectivity index (χ0n) is 16.7. The average molecular weight is 528 g/mol. The molecule has 0 heterocycles. The van der Waals surface area contributed by atoms with Crippen LogP contribution in [0.25, 0.3) is 0 Å². The molecular formula is C18H30FIN4O3S. The van der Waals surface area contributed by atoms with E-state index in [1.807, 2.05) is 13.8 Å². The van der Waals surface area contributed by atoms with Crippen LogP contribution >= 0.6 is 24.0 Å². The number of sulfone groups is 1. The molecule has 1 atom stereocenters. The van der Waals surface area contributed by atoms with Crippen molar-refractivity contribution >= 4 is 45.7 Å². The summed E-state index contributed by atoms with van der Waals surface area (Å²) in [6.07, 6.45) is 1.68. The van der Waals surface area contributed by atoms with E-state index in [1.165, 1.54) is 12.3 Å². The predicted octanol–water partition coefficient (Wildman–Crippen LogP) is 1.86. The Morgan fingerprint density at radius 2 is 1.96 bits per heavy atom. The zero-order chi connectivity index (χ0) is 20.4. The minimum absolute atomic E-state index is 0. The van der Waals surface area contributed by atoms with Gasteiger partial charge in [-0.2, -0.15) is 0 Å². The van der Waals surface area contributed by atoms with Crippen LogP contribution in [-0.2, 0) is 9.84 Å². The third kappa shape index (κ3) is 10.8. The van der Waals surface area contributed by atoms with Crippen molar-refractivity contribution in [2.24, 2.45) is 4.99 Å². The lowest BCUT2D eigenvalue weighted by molar-refractivity contribution is 0.0954. The summed E-state index contributed by atoms with van der Waals surface area (Å²) in [5.41, 5.74) is 0.754. The monoisotopic (exact) mass is 528 g/mol. The zero-order valence-corrected chi connectivity index (χ0v) is 19.9. The Morgan fingerprint density at radius 3 is 2.54 bits per heavy atom. The first-order valence-electron chi connectivity index (χ1n) is 8.89. The summed E-state index contributed by atoms with van der Waals surface area (Å²) in [6, 6.07) is 4.28. The van der Waals surface area contributed by atoms with E-state index in [-0.39, 0.29) is 47.2 Å². The molecule has 0 radical (unpaired) electrons. The predicted molar refractivity (Wildman–Crippen MR) is 122 cm³/mol. The first-order chi connectivity index (χ1) is 12.6. The quantitative estimate of drug-likeness (QED) is 0.197. The van der Waals surface area contributed by atoms with Gasteiger partial charge in [-0.3, -0.25) is 9.79 Å². The van der Waals surface area contributed by atoms with Crippen LogP contribution in [0.5, 0.6) is 0 Å². The Bertz CT molecular complexity index is 772. The molecule has 7 nitrogen and oxygen atoms in total. The molecule has 28 heavy (non-hydrogen) atoms. The maximum Gasteiger partial charge on any atom is 0.251 e. The van der Waals surface area contributed by atoms with Crippen LogP contribution < -0.4 is 16.0 Å². The minimum atomic E-state index is -3.00. The summed E-state index contributed by atoms with van der Waals surface area (Å²) in [6.45, 7) is 6.71. The van der Waals surface area contributed by atoms with Crippen molar-refractivity contribution in [3.63, 3.8) is 0 Å². The summed E-state index contributed by atoms with van der Waals surface area (Å²) in [5, 5.41) is 8.90. The number of rotatable bonds is 9. The maximum atomic E-state index is 13.5. The highest BCUT2D eigenvalue weighted by Crippen LogP contribution is 2.08. The average Bonchev–Trinajstić information content (AvgIpc) is 2.58. The number of aryl methyl sites for hydroxylation is 1. The standard InChI is InChI=1S/C18H29FN4O3S.HI/c1-5-20-18(23-14(3)8-11-27(4,25)26)22-10-9-21-17(24)15-7-6-13(2)16(19)12-15;/h6-7,12,14H,5,8-11H2,1-4H3,(H,21,24)(H2,20,22,23);1H. The molecule has 0 saturated heterocycles. The van der Waals surface area contributed by atoms with Crippen molar-refractivity contribution in [3.05, 3.63) is 35.1 Å². The van der Waals surface area contributed by atoms with Gasteiger partial charge in [0, 0.05) is 31.0 Å². The lowest BCUT2D eigenvalue weighted by atomic mass is 10.1. The maximum absolute atomic E-state index is 13.5. The number of halogens is 2. The van der Waals surface area contributed by atoms with Crippen LogP contribution in [0.3, 0.4) is 0 Å². The van der Waals surface area contributed by atoms with Crippen molar-refractivity contribution in [1.82, 2.24) is 16.0 Å². The van der Waals surface area contributed by atoms with Gasteiger partial charge in [-0.15, -0.1) is 24.0 Å². The van der Waals surface area contributed by atoms with E-state index in [4.69, 9.17) is 0 Å². The summed E-state index contributed by atoms with van der Waals surface area (Å²) >= 11 is 0. The number of amides is 1. The summed E-state index contributed by atoms with van der Waals surface area (Å²) < 4.78 is 36.0. The highest BCUT2D eigenvalue weighted by molar-refractivity contribution is 14.0. The molecule has 0 aliphatic rings. The van der Waals surface area contributed by atoms with E-state index >= 15 is 0 Å². The van der Waals surface area contributed by atoms with Crippen molar-refractivity contribution in [1.29, 1.82) is 0 Å². The third-order valence-corrected chi connectivity index (χ3v) is 4.73. The van der Waals surface area contributed by atoms with E-state index in [9.17, 15) is 17.6 Å². The summed E-state index contributed by atoms with van der Waals surface area (Å²) in [4.78, 5) is 16.4. The molecule has 0 spiro atoms. The second-order valence-electron chi connectivity index (χ2n) is 6.44. The van der Waals surface area contributed by atoms with Crippen LogP contribution in [0.2, 0.25) is 0 Å². The first-order valence-corrected chi connectivity index (χ1v) is 11.0. The Balaban J connectivity index is 0.00000729. The largest absolute Gasteiger partial charge is 0.357 e. The van der Waals surface area contributed by atoms with Crippen LogP contribution in [0.1, 0.15) is 36.2 Å². The smallest absolute Gasteiger partial charge is 0.251 e. The lowest BCUT2D eigenvalue weighted by Gasteiger charge is -2.17. The van der Waals surface area contributed by atoms with Crippen molar-refractivity contribution < 1.29 is 17.6 Å². The molecule has 0 aliphatic carbocycles. The van der Waals surface area contributed by atoms with Gasteiger partial charge in [-0.25, -0.2) is 12.8 Å². The second-order valence-corrected chi connectivity index (χ2v) is 8.70. The van der Waals surface area contributed by atoms with E-state index in [0.29, 0.717) is 37.6 Å². The topological polar surface area (TPSA) is 99.7 Å². The number of hydrogen-bond donors (Lipinski definition) is 3. The molecule has 1 aromatic carbocycles. The molecule has 10 heteroatoms. The van der Waals surface area contributed by atoms with Gasteiger partial charge in [0.2, 0.25) is 0 Å².